The van der Waals surface area contributed by atoms with Crippen LogP contribution in [0.4, 0.5) is 5.82 Å². The van der Waals surface area contributed by atoms with Gasteiger partial charge in [0.05, 0.1) is 29.8 Å². The monoisotopic (exact) mass is 410 g/mol. The molecule has 0 bridgehead atoms. The first-order chi connectivity index (χ1) is 15.0. The van der Waals surface area contributed by atoms with E-state index in [1.54, 1.807) is 35.5 Å². The Hall–Kier alpha value is -4.13. The van der Waals surface area contributed by atoms with Crippen LogP contribution in [0.5, 0.6) is 0 Å². The second-order valence-electron chi connectivity index (χ2n) is 7.11. The number of aryl methyl sites for hydroxylation is 2. The number of benzene rings is 1. The van der Waals surface area contributed by atoms with Crippen molar-refractivity contribution in [1.29, 1.82) is 0 Å². The van der Waals surface area contributed by atoms with Crippen molar-refractivity contribution in [3.63, 3.8) is 0 Å². The highest BCUT2D eigenvalue weighted by molar-refractivity contribution is 6.04. The van der Waals surface area contributed by atoms with Gasteiger partial charge in [0.15, 0.2) is 5.82 Å². The first kappa shape index (κ1) is 20.2. The van der Waals surface area contributed by atoms with E-state index in [1.807, 2.05) is 39.4 Å². The van der Waals surface area contributed by atoms with E-state index >= 15 is 0 Å². The number of allylic oxidation sites excluding steroid dienone is 1. The molecule has 0 aliphatic rings. The number of carbonyl (C=O) groups is 1. The SMILES string of the molecule is CC=C(c1ccc(-c2cnn(C)c2)cc1)c1cnc(NC(=O)c2cnccc2C)cn1. The van der Waals surface area contributed by atoms with Gasteiger partial charge in [0.25, 0.3) is 5.91 Å². The van der Waals surface area contributed by atoms with Gasteiger partial charge in [-0.3, -0.25) is 19.4 Å². The fourth-order valence-electron chi connectivity index (χ4n) is 3.29. The molecule has 0 radical (unpaired) electrons. The molecule has 7 heteroatoms. The summed E-state index contributed by atoms with van der Waals surface area (Å²) in [5.41, 5.74) is 6.26. The Morgan fingerprint density at radius 2 is 1.81 bits per heavy atom. The van der Waals surface area contributed by atoms with Gasteiger partial charge in [-0.2, -0.15) is 5.10 Å². The van der Waals surface area contributed by atoms with Crippen molar-refractivity contribution in [3.05, 3.63) is 96.0 Å². The highest BCUT2D eigenvalue weighted by Crippen LogP contribution is 2.25. The van der Waals surface area contributed by atoms with E-state index < -0.39 is 0 Å². The maximum Gasteiger partial charge on any atom is 0.258 e. The van der Waals surface area contributed by atoms with E-state index in [0.29, 0.717) is 11.4 Å². The van der Waals surface area contributed by atoms with Gasteiger partial charge in [0.2, 0.25) is 0 Å². The highest BCUT2D eigenvalue weighted by atomic mass is 16.1. The molecule has 4 aromatic rings. The second kappa shape index (κ2) is 8.71. The van der Waals surface area contributed by atoms with Crippen LogP contribution in [0, 0.1) is 6.92 Å². The molecule has 7 nitrogen and oxygen atoms in total. The van der Waals surface area contributed by atoms with Crippen LogP contribution in [-0.2, 0) is 7.05 Å². The summed E-state index contributed by atoms with van der Waals surface area (Å²) in [4.78, 5) is 25.3. The largest absolute Gasteiger partial charge is 0.305 e. The van der Waals surface area contributed by atoms with Gasteiger partial charge < -0.3 is 5.32 Å². The normalized spacial score (nSPS) is 11.4. The molecule has 0 aliphatic carbocycles. The Balaban J connectivity index is 1.51. The Morgan fingerprint density at radius 3 is 2.42 bits per heavy atom. The number of nitrogens with zero attached hydrogens (tertiary/aromatic N) is 5. The van der Waals surface area contributed by atoms with Crippen molar-refractivity contribution in [1.82, 2.24) is 24.7 Å². The van der Waals surface area contributed by atoms with Crippen molar-refractivity contribution in [2.24, 2.45) is 7.05 Å². The van der Waals surface area contributed by atoms with Gasteiger partial charge in [-0.25, -0.2) is 4.98 Å². The Kier molecular flexibility index (Phi) is 5.66. The van der Waals surface area contributed by atoms with E-state index in [2.05, 4.69) is 49.6 Å². The molecule has 0 aliphatic heterocycles. The summed E-state index contributed by atoms with van der Waals surface area (Å²) in [6.45, 7) is 3.83. The zero-order chi connectivity index (χ0) is 21.8. The maximum atomic E-state index is 12.4. The zero-order valence-electron chi connectivity index (χ0n) is 17.6. The third-order valence-electron chi connectivity index (χ3n) is 4.98. The molecule has 0 unspecified atom stereocenters. The fourth-order valence-corrected chi connectivity index (χ4v) is 3.29. The van der Waals surface area contributed by atoms with Crippen LogP contribution in [0.3, 0.4) is 0 Å². The maximum absolute atomic E-state index is 12.4. The van der Waals surface area contributed by atoms with Crippen LogP contribution in [0.15, 0.2) is 73.6 Å². The predicted molar refractivity (Wildman–Crippen MR) is 120 cm³/mol. The zero-order valence-corrected chi connectivity index (χ0v) is 17.6. The molecule has 3 aromatic heterocycles. The van der Waals surface area contributed by atoms with E-state index in [0.717, 1.165) is 33.5 Å². The number of rotatable bonds is 5. The number of pyridine rings is 1. The lowest BCUT2D eigenvalue weighted by molar-refractivity contribution is 0.102. The Labute approximate surface area is 180 Å². The van der Waals surface area contributed by atoms with Crippen molar-refractivity contribution < 1.29 is 4.79 Å². The van der Waals surface area contributed by atoms with Crippen LogP contribution in [0.2, 0.25) is 0 Å². The molecule has 1 N–H and O–H groups in total. The first-order valence-corrected chi connectivity index (χ1v) is 9.85. The number of hydrogen-bond acceptors (Lipinski definition) is 5. The van der Waals surface area contributed by atoms with Gasteiger partial charge in [0.1, 0.15) is 0 Å². The smallest absolute Gasteiger partial charge is 0.258 e. The molecule has 3 heterocycles. The molecule has 154 valence electrons. The van der Waals surface area contributed by atoms with Crippen molar-refractivity contribution >= 4 is 17.3 Å². The Bertz CT molecular complexity index is 1240. The van der Waals surface area contributed by atoms with Gasteiger partial charge >= 0.3 is 0 Å². The van der Waals surface area contributed by atoms with Crippen molar-refractivity contribution in [3.8, 4) is 11.1 Å². The lowest BCUT2D eigenvalue weighted by Crippen LogP contribution is -2.15. The first-order valence-electron chi connectivity index (χ1n) is 9.85. The van der Waals surface area contributed by atoms with Crippen LogP contribution in [0.25, 0.3) is 16.7 Å². The minimum Gasteiger partial charge on any atom is -0.305 e. The van der Waals surface area contributed by atoms with E-state index in [1.165, 1.54) is 0 Å². The standard InChI is InChI=1S/C24H22N6O/c1-4-20(18-7-5-17(6-8-18)19-11-28-30(3)15-19)22-13-27-23(14-26-22)29-24(31)21-12-25-10-9-16(21)2/h4-15H,1-3H3,(H,27,29,31). The molecular weight excluding hydrogens is 388 g/mol. The number of anilines is 1. The number of aromatic nitrogens is 5. The molecule has 0 saturated heterocycles. The summed E-state index contributed by atoms with van der Waals surface area (Å²) in [5.74, 6) is 0.129. The molecule has 1 amide bonds. The molecule has 0 fully saturated rings. The van der Waals surface area contributed by atoms with Gasteiger partial charge in [0, 0.05) is 36.8 Å². The molecule has 0 spiro atoms. The summed E-state index contributed by atoms with van der Waals surface area (Å²) in [6.07, 6.45) is 12.2. The van der Waals surface area contributed by atoms with Crippen LogP contribution in [0.1, 0.15) is 34.1 Å². The van der Waals surface area contributed by atoms with E-state index in [-0.39, 0.29) is 5.91 Å². The summed E-state index contributed by atoms with van der Waals surface area (Å²) in [7, 11) is 1.90. The summed E-state index contributed by atoms with van der Waals surface area (Å²) >= 11 is 0. The molecule has 0 atom stereocenters. The third kappa shape index (κ3) is 4.40. The minimum absolute atomic E-state index is 0.259. The van der Waals surface area contributed by atoms with E-state index in [9.17, 15) is 4.79 Å². The number of hydrogen-bond donors (Lipinski definition) is 1. The van der Waals surface area contributed by atoms with Gasteiger partial charge in [-0.15, -0.1) is 0 Å². The lowest BCUT2D eigenvalue weighted by Gasteiger charge is -2.09. The molecule has 1 aromatic carbocycles. The van der Waals surface area contributed by atoms with Crippen LogP contribution >= 0.6 is 0 Å². The minimum atomic E-state index is -0.259. The average Bonchev–Trinajstić information content (AvgIpc) is 3.22. The lowest BCUT2D eigenvalue weighted by atomic mass is 10.00. The molecule has 31 heavy (non-hydrogen) atoms. The quantitative estimate of drug-likeness (QED) is 0.531. The molecule has 4 rings (SSSR count). The van der Waals surface area contributed by atoms with Crippen LogP contribution < -0.4 is 5.32 Å². The summed E-state index contributed by atoms with van der Waals surface area (Å²) in [6, 6.07) is 10.0. The molecule has 0 saturated carbocycles. The molecular formula is C24H22N6O. The number of carbonyl (C=O) groups excluding carboxylic acids is 1. The van der Waals surface area contributed by atoms with Gasteiger partial charge in [-0.1, -0.05) is 30.3 Å². The van der Waals surface area contributed by atoms with Crippen molar-refractivity contribution in [2.75, 3.05) is 5.32 Å². The Morgan fingerprint density at radius 1 is 1.00 bits per heavy atom. The fraction of sp³-hybridized carbons (Fsp3) is 0.125. The predicted octanol–water partition coefficient (Wildman–Crippen LogP) is 4.28. The highest BCUT2D eigenvalue weighted by Gasteiger charge is 2.12. The summed E-state index contributed by atoms with van der Waals surface area (Å²) in [5, 5.41) is 6.99. The van der Waals surface area contributed by atoms with Crippen molar-refractivity contribution in [2.45, 2.75) is 13.8 Å². The number of nitrogens with one attached hydrogen (secondary N) is 1. The summed E-state index contributed by atoms with van der Waals surface area (Å²) < 4.78 is 1.78. The van der Waals surface area contributed by atoms with Gasteiger partial charge in [-0.05, 0) is 36.6 Å². The number of amides is 1. The topological polar surface area (TPSA) is 85.6 Å². The van der Waals surface area contributed by atoms with Crippen LogP contribution in [-0.4, -0.2) is 30.6 Å². The average molecular weight is 410 g/mol. The van der Waals surface area contributed by atoms with E-state index in [4.69, 9.17) is 0 Å². The second-order valence-corrected chi connectivity index (χ2v) is 7.11. The third-order valence-corrected chi connectivity index (χ3v) is 4.98.